The van der Waals surface area contributed by atoms with Gasteiger partial charge in [0.2, 0.25) is 5.91 Å². The van der Waals surface area contributed by atoms with Gasteiger partial charge >= 0.3 is 0 Å². The lowest BCUT2D eigenvalue weighted by molar-refractivity contribution is -0.117. The van der Waals surface area contributed by atoms with E-state index >= 15 is 0 Å². The molecule has 1 heterocycles. The topological polar surface area (TPSA) is 68.0 Å². The van der Waals surface area contributed by atoms with Crippen LogP contribution in [-0.2, 0) is 4.79 Å². The summed E-state index contributed by atoms with van der Waals surface area (Å²) in [5.41, 5.74) is 6.41. The van der Waals surface area contributed by atoms with Crippen molar-refractivity contribution in [2.45, 2.75) is 32.7 Å². The Kier molecular flexibility index (Phi) is 3.60. The van der Waals surface area contributed by atoms with E-state index in [4.69, 9.17) is 5.73 Å². The summed E-state index contributed by atoms with van der Waals surface area (Å²) in [6.45, 7) is 5.77. The molecule has 1 rings (SSSR count). The molecule has 0 saturated carbocycles. The van der Waals surface area contributed by atoms with Crippen LogP contribution in [0.15, 0.2) is 5.38 Å². The highest BCUT2D eigenvalue weighted by Crippen LogP contribution is 2.21. The number of amides is 1. The highest BCUT2D eigenvalue weighted by Gasteiger charge is 2.11. The summed E-state index contributed by atoms with van der Waals surface area (Å²) in [7, 11) is 0. The van der Waals surface area contributed by atoms with Crippen molar-refractivity contribution < 1.29 is 4.79 Å². The SMILES string of the molecule is CC(N)C(=O)Nc1nc(C(C)C)cs1. The normalized spacial score (nSPS) is 12.9. The minimum Gasteiger partial charge on any atom is -0.320 e. The quantitative estimate of drug-likeness (QED) is 0.800. The van der Waals surface area contributed by atoms with Crippen molar-refractivity contribution in [2.75, 3.05) is 5.32 Å². The molecule has 0 radical (unpaired) electrons. The Labute approximate surface area is 87.5 Å². The van der Waals surface area contributed by atoms with Crippen LogP contribution in [0.3, 0.4) is 0 Å². The van der Waals surface area contributed by atoms with E-state index in [0.29, 0.717) is 11.0 Å². The van der Waals surface area contributed by atoms with Crippen LogP contribution in [0.5, 0.6) is 0 Å². The summed E-state index contributed by atoms with van der Waals surface area (Å²) in [6, 6.07) is -0.499. The minimum absolute atomic E-state index is 0.199. The maximum Gasteiger partial charge on any atom is 0.242 e. The van der Waals surface area contributed by atoms with Gasteiger partial charge < -0.3 is 11.1 Å². The number of carbonyl (C=O) groups is 1. The van der Waals surface area contributed by atoms with Crippen LogP contribution in [0, 0.1) is 0 Å². The Morgan fingerprint density at radius 1 is 1.57 bits per heavy atom. The van der Waals surface area contributed by atoms with E-state index in [0.717, 1.165) is 5.69 Å². The van der Waals surface area contributed by atoms with Crippen molar-refractivity contribution in [3.05, 3.63) is 11.1 Å². The van der Waals surface area contributed by atoms with Crippen molar-refractivity contribution in [1.29, 1.82) is 0 Å². The van der Waals surface area contributed by atoms with Gasteiger partial charge in [0.15, 0.2) is 5.13 Å². The number of carbonyl (C=O) groups excluding carboxylic acids is 1. The molecule has 0 saturated heterocycles. The number of nitrogens with one attached hydrogen (secondary N) is 1. The van der Waals surface area contributed by atoms with Gasteiger partial charge in [0.05, 0.1) is 11.7 Å². The summed E-state index contributed by atoms with van der Waals surface area (Å²) in [4.78, 5) is 15.5. The zero-order chi connectivity index (χ0) is 10.7. The fraction of sp³-hybridized carbons (Fsp3) is 0.556. The number of anilines is 1. The number of hydrogen-bond donors (Lipinski definition) is 2. The molecular formula is C9H15N3OS. The number of thiazole rings is 1. The largest absolute Gasteiger partial charge is 0.320 e. The van der Waals surface area contributed by atoms with E-state index in [-0.39, 0.29) is 5.91 Å². The highest BCUT2D eigenvalue weighted by atomic mass is 32.1. The molecule has 1 atom stereocenters. The smallest absolute Gasteiger partial charge is 0.242 e. The van der Waals surface area contributed by atoms with Crippen molar-refractivity contribution in [3.63, 3.8) is 0 Å². The third kappa shape index (κ3) is 2.78. The summed E-state index contributed by atoms with van der Waals surface area (Å²) in [5.74, 6) is 0.182. The third-order valence-electron chi connectivity index (χ3n) is 1.76. The molecule has 4 nitrogen and oxygen atoms in total. The average molecular weight is 213 g/mol. The summed E-state index contributed by atoms with van der Waals surface area (Å²) < 4.78 is 0. The van der Waals surface area contributed by atoms with Gasteiger partial charge in [-0.05, 0) is 12.8 Å². The summed E-state index contributed by atoms with van der Waals surface area (Å²) in [5, 5.41) is 5.23. The zero-order valence-corrected chi connectivity index (χ0v) is 9.39. The first-order chi connectivity index (χ1) is 6.50. The molecule has 1 amide bonds. The lowest BCUT2D eigenvalue weighted by Gasteiger charge is -2.03. The van der Waals surface area contributed by atoms with Gasteiger partial charge in [-0.15, -0.1) is 11.3 Å². The van der Waals surface area contributed by atoms with Crippen LogP contribution in [-0.4, -0.2) is 16.9 Å². The maximum absolute atomic E-state index is 11.2. The van der Waals surface area contributed by atoms with E-state index in [1.54, 1.807) is 6.92 Å². The standard InChI is InChI=1S/C9H15N3OS/c1-5(2)7-4-14-9(11-7)12-8(13)6(3)10/h4-6H,10H2,1-3H3,(H,11,12,13). The molecule has 0 aliphatic carbocycles. The molecule has 0 bridgehead atoms. The molecule has 0 aliphatic rings. The molecule has 3 N–H and O–H groups in total. The Morgan fingerprint density at radius 2 is 2.21 bits per heavy atom. The number of rotatable bonds is 3. The Hall–Kier alpha value is -0.940. The van der Waals surface area contributed by atoms with Crippen molar-refractivity contribution in [1.82, 2.24) is 4.98 Å². The minimum atomic E-state index is -0.499. The lowest BCUT2D eigenvalue weighted by Crippen LogP contribution is -2.32. The lowest BCUT2D eigenvalue weighted by atomic mass is 10.2. The second-order valence-corrected chi connectivity index (χ2v) is 4.37. The second kappa shape index (κ2) is 4.52. The molecule has 5 heteroatoms. The maximum atomic E-state index is 11.2. The zero-order valence-electron chi connectivity index (χ0n) is 8.57. The Bertz CT molecular complexity index is 320. The molecule has 1 aromatic rings. The van der Waals surface area contributed by atoms with Gasteiger partial charge in [0, 0.05) is 5.38 Å². The fourth-order valence-electron chi connectivity index (χ4n) is 0.828. The van der Waals surface area contributed by atoms with Gasteiger partial charge in [-0.3, -0.25) is 4.79 Å². The molecule has 0 aliphatic heterocycles. The predicted molar refractivity (Wildman–Crippen MR) is 58.5 cm³/mol. The van der Waals surface area contributed by atoms with Gasteiger partial charge in [0.1, 0.15) is 0 Å². The number of aromatic nitrogens is 1. The molecule has 0 fully saturated rings. The molecule has 1 aromatic heterocycles. The van der Waals surface area contributed by atoms with Crippen LogP contribution in [0.1, 0.15) is 32.4 Å². The Balaban J connectivity index is 2.64. The predicted octanol–water partition coefficient (Wildman–Crippen LogP) is 1.55. The highest BCUT2D eigenvalue weighted by molar-refractivity contribution is 7.13. The molecule has 78 valence electrons. The second-order valence-electron chi connectivity index (χ2n) is 3.51. The van der Waals surface area contributed by atoms with Gasteiger partial charge in [-0.25, -0.2) is 4.98 Å². The number of nitrogens with zero attached hydrogens (tertiary/aromatic N) is 1. The van der Waals surface area contributed by atoms with Crippen LogP contribution in [0.25, 0.3) is 0 Å². The van der Waals surface area contributed by atoms with Gasteiger partial charge in [0.25, 0.3) is 0 Å². The Morgan fingerprint density at radius 3 is 2.64 bits per heavy atom. The molecular weight excluding hydrogens is 198 g/mol. The van der Waals surface area contributed by atoms with Crippen LogP contribution in [0.4, 0.5) is 5.13 Å². The number of hydrogen-bond acceptors (Lipinski definition) is 4. The molecule has 0 aromatic carbocycles. The van der Waals surface area contributed by atoms with E-state index < -0.39 is 6.04 Å². The summed E-state index contributed by atoms with van der Waals surface area (Å²) in [6.07, 6.45) is 0. The monoisotopic (exact) mass is 213 g/mol. The van der Waals surface area contributed by atoms with Gasteiger partial charge in [-0.2, -0.15) is 0 Å². The molecule has 14 heavy (non-hydrogen) atoms. The van der Waals surface area contributed by atoms with Crippen LogP contribution in [0.2, 0.25) is 0 Å². The average Bonchev–Trinajstić information content (AvgIpc) is 2.52. The van der Waals surface area contributed by atoms with Crippen molar-refractivity contribution in [2.24, 2.45) is 5.73 Å². The number of nitrogens with two attached hydrogens (primary N) is 1. The van der Waals surface area contributed by atoms with Crippen molar-refractivity contribution in [3.8, 4) is 0 Å². The first-order valence-corrected chi connectivity index (χ1v) is 5.40. The summed E-state index contributed by atoms with van der Waals surface area (Å²) >= 11 is 1.42. The van der Waals surface area contributed by atoms with E-state index in [1.165, 1.54) is 11.3 Å². The third-order valence-corrected chi connectivity index (χ3v) is 2.53. The van der Waals surface area contributed by atoms with E-state index in [2.05, 4.69) is 24.1 Å². The van der Waals surface area contributed by atoms with Crippen LogP contribution < -0.4 is 11.1 Å². The van der Waals surface area contributed by atoms with Gasteiger partial charge in [-0.1, -0.05) is 13.8 Å². The molecule has 0 spiro atoms. The van der Waals surface area contributed by atoms with Crippen molar-refractivity contribution >= 4 is 22.4 Å². The first-order valence-electron chi connectivity index (χ1n) is 4.52. The first kappa shape index (κ1) is 11.1. The van der Waals surface area contributed by atoms with E-state index in [1.807, 2.05) is 5.38 Å². The molecule has 1 unspecified atom stereocenters. The fourth-order valence-corrected chi connectivity index (χ4v) is 1.70. The van der Waals surface area contributed by atoms with E-state index in [9.17, 15) is 4.79 Å². The van der Waals surface area contributed by atoms with Crippen LogP contribution >= 0.6 is 11.3 Å².